The molecule has 2 aromatic rings. The molecule has 1 aliphatic heterocycles. The summed E-state index contributed by atoms with van der Waals surface area (Å²) in [5, 5.41) is 12.8. The van der Waals surface area contributed by atoms with Crippen molar-refractivity contribution in [1.29, 1.82) is 0 Å². The number of hydrogen-bond donors (Lipinski definition) is 2. The van der Waals surface area contributed by atoms with Crippen LogP contribution in [0.2, 0.25) is 0 Å². The van der Waals surface area contributed by atoms with Gasteiger partial charge in [0.05, 0.1) is 12.7 Å². The summed E-state index contributed by atoms with van der Waals surface area (Å²) in [6.45, 7) is 2.37. The maximum Gasteiger partial charge on any atom is 0.354 e. The summed E-state index contributed by atoms with van der Waals surface area (Å²) in [5.41, 5.74) is 4.52. The number of amides is 2. The van der Waals surface area contributed by atoms with Crippen molar-refractivity contribution >= 4 is 21.6 Å². The zero-order valence-electron chi connectivity index (χ0n) is 16.0. The van der Waals surface area contributed by atoms with Crippen LogP contribution in [-0.4, -0.2) is 32.3 Å². The second kappa shape index (κ2) is 6.53. The van der Waals surface area contributed by atoms with Gasteiger partial charge in [-0.15, -0.1) is 4.36 Å². The molecule has 2 aliphatic carbocycles. The molecule has 2 amide bonds. The van der Waals surface area contributed by atoms with Crippen LogP contribution in [-0.2, 0) is 42.1 Å². The van der Waals surface area contributed by atoms with Gasteiger partial charge < -0.3 is 10.1 Å². The second-order valence-corrected chi connectivity index (χ2v) is 9.66. The van der Waals surface area contributed by atoms with Crippen molar-refractivity contribution in [3.8, 4) is 5.88 Å². The summed E-state index contributed by atoms with van der Waals surface area (Å²) in [6.07, 6.45) is 3.58. The number of anilines is 1. The van der Waals surface area contributed by atoms with Crippen LogP contribution in [0.15, 0.2) is 21.5 Å². The summed E-state index contributed by atoms with van der Waals surface area (Å²) in [5.74, 6) is 0.281. The van der Waals surface area contributed by atoms with E-state index in [1.807, 2.05) is 6.92 Å². The van der Waals surface area contributed by atoms with Crippen LogP contribution in [0.3, 0.4) is 0 Å². The molecule has 0 saturated carbocycles. The van der Waals surface area contributed by atoms with Gasteiger partial charge in [-0.25, -0.2) is 23.2 Å². The first-order chi connectivity index (χ1) is 13.8. The number of urea groups is 1. The van der Waals surface area contributed by atoms with Crippen LogP contribution < -0.4 is 15.2 Å². The maximum absolute atomic E-state index is 14.0. The average molecular weight is 419 g/mol. The highest BCUT2D eigenvalue weighted by Crippen LogP contribution is 2.39. The Morgan fingerprint density at radius 2 is 2.21 bits per heavy atom. The topological polar surface area (TPSA) is 112 Å². The number of carbonyl (C=O) groups excluding carboxylic acids is 1. The first kappa shape index (κ1) is 18.6. The zero-order chi connectivity index (χ0) is 20.3. The highest BCUT2D eigenvalue weighted by Gasteiger charge is 2.31. The van der Waals surface area contributed by atoms with Gasteiger partial charge in [0.15, 0.2) is 9.92 Å². The maximum atomic E-state index is 14.0. The van der Waals surface area contributed by atoms with Crippen molar-refractivity contribution in [2.45, 2.75) is 62.7 Å². The first-order valence-electron chi connectivity index (χ1n) is 9.71. The molecule has 2 unspecified atom stereocenters. The number of aryl methyl sites for hydroxylation is 1. The molecule has 0 fully saturated rings. The van der Waals surface area contributed by atoms with Crippen molar-refractivity contribution in [2.24, 2.45) is 9.50 Å². The van der Waals surface area contributed by atoms with E-state index >= 15 is 0 Å². The van der Waals surface area contributed by atoms with E-state index in [1.165, 1.54) is 6.20 Å². The third-order valence-electron chi connectivity index (χ3n) is 5.74. The number of nitrogens with two attached hydrogens (primary N) is 1. The number of rotatable bonds is 2. The Morgan fingerprint density at radius 3 is 3.03 bits per heavy atom. The lowest BCUT2D eigenvalue weighted by Crippen LogP contribution is -2.19. The Hall–Kier alpha value is -2.46. The third kappa shape index (κ3) is 3.10. The molecule has 10 heteroatoms. The van der Waals surface area contributed by atoms with E-state index in [0.29, 0.717) is 18.7 Å². The zero-order valence-corrected chi connectivity index (χ0v) is 16.8. The van der Waals surface area contributed by atoms with Crippen molar-refractivity contribution in [3.63, 3.8) is 0 Å². The minimum absolute atomic E-state index is 0.101. The fourth-order valence-corrected chi connectivity index (χ4v) is 5.52. The molecule has 154 valence electrons. The lowest BCUT2D eigenvalue weighted by Gasteiger charge is -2.15. The SMILES string of the molecule is CC1Cn2ncc(S(N)(=O)=NC(=O)Nc3c4c(cc5c3C[C@H](F)C5)CCC4)c2O1. The van der Waals surface area contributed by atoms with E-state index in [4.69, 9.17) is 9.88 Å². The number of benzene rings is 1. The van der Waals surface area contributed by atoms with E-state index in [-0.39, 0.29) is 23.3 Å². The highest BCUT2D eigenvalue weighted by molar-refractivity contribution is 7.91. The van der Waals surface area contributed by atoms with Gasteiger partial charge in [-0.1, -0.05) is 6.07 Å². The minimum atomic E-state index is -3.54. The van der Waals surface area contributed by atoms with Gasteiger partial charge in [-0.3, -0.25) is 0 Å². The number of aromatic nitrogens is 2. The average Bonchev–Trinajstić information content (AvgIpc) is 3.36. The lowest BCUT2D eigenvalue weighted by molar-refractivity contribution is 0.248. The van der Waals surface area contributed by atoms with E-state index in [2.05, 4.69) is 20.8 Å². The minimum Gasteiger partial charge on any atom is -0.472 e. The summed E-state index contributed by atoms with van der Waals surface area (Å²) >= 11 is 0. The molecule has 0 spiro atoms. The number of hydrogen-bond acceptors (Lipinski definition) is 4. The third-order valence-corrected chi connectivity index (χ3v) is 7.08. The quantitative estimate of drug-likeness (QED) is 0.779. The van der Waals surface area contributed by atoms with Gasteiger partial charge in [0.1, 0.15) is 17.2 Å². The predicted molar refractivity (Wildman–Crippen MR) is 105 cm³/mol. The number of alkyl halides is 1. The van der Waals surface area contributed by atoms with Gasteiger partial charge in [0.2, 0.25) is 5.88 Å². The fraction of sp³-hybridized carbons (Fsp3) is 0.474. The largest absolute Gasteiger partial charge is 0.472 e. The van der Waals surface area contributed by atoms with Crippen molar-refractivity contribution < 1.29 is 18.1 Å². The molecule has 1 aromatic heterocycles. The number of ether oxygens (including phenoxy) is 1. The van der Waals surface area contributed by atoms with Crippen LogP contribution >= 0.6 is 0 Å². The van der Waals surface area contributed by atoms with Crippen molar-refractivity contribution in [1.82, 2.24) is 9.78 Å². The Bertz CT molecular complexity index is 1150. The van der Waals surface area contributed by atoms with Gasteiger partial charge >= 0.3 is 6.03 Å². The van der Waals surface area contributed by atoms with E-state index in [1.54, 1.807) is 4.68 Å². The summed E-state index contributed by atoms with van der Waals surface area (Å²) in [4.78, 5) is 12.8. The molecule has 3 atom stereocenters. The molecular formula is C19H22FN5O3S. The Balaban J connectivity index is 1.49. The number of halogens is 1. The van der Waals surface area contributed by atoms with E-state index in [0.717, 1.165) is 41.5 Å². The lowest BCUT2D eigenvalue weighted by atomic mass is 9.99. The van der Waals surface area contributed by atoms with Crippen LogP contribution in [0, 0.1) is 0 Å². The molecule has 0 radical (unpaired) electrons. The smallest absolute Gasteiger partial charge is 0.354 e. The van der Waals surface area contributed by atoms with Crippen molar-refractivity contribution in [3.05, 3.63) is 34.5 Å². The monoisotopic (exact) mass is 419 g/mol. The molecule has 29 heavy (non-hydrogen) atoms. The summed E-state index contributed by atoms with van der Waals surface area (Å²) < 4.78 is 37.9. The number of carbonyl (C=O) groups is 1. The molecule has 3 aliphatic rings. The Kier molecular flexibility index (Phi) is 4.18. The van der Waals surface area contributed by atoms with Crippen LogP contribution in [0.1, 0.15) is 35.6 Å². The molecule has 2 heterocycles. The Labute approximate surface area is 167 Å². The van der Waals surface area contributed by atoms with E-state index < -0.39 is 22.1 Å². The van der Waals surface area contributed by atoms with Gasteiger partial charge in [0.25, 0.3) is 0 Å². The number of fused-ring (bicyclic) bond motifs is 3. The Morgan fingerprint density at radius 1 is 1.38 bits per heavy atom. The van der Waals surface area contributed by atoms with Crippen LogP contribution in [0.4, 0.5) is 14.9 Å². The van der Waals surface area contributed by atoms with Crippen molar-refractivity contribution in [2.75, 3.05) is 5.32 Å². The van der Waals surface area contributed by atoms with Gasteiger partial charge in [-0.2, -0.15) is 5.10 Å². The molecule has 5 rings (SSSR count). The standard InChI is InChI=1S/C19H22FN5O3S/c1-10-9-25-18(28-10)16(8-22-25)29(21,27)24-19(26)23-17-14-4-2-3-11(14)5-12-6-13(20)7-15(12)17/h5,8,10,13H,2-4,6-7,9H2,1H3,(H3,21,23,24,26,27)/t10?,13-,29?/m1/s1. The normalized spacial score (nSPS) is 23.7. The number of nitrogens with zero attached hydrogens (tertiary/aromatic N) is 3. The predicted octanol–water partition coefficient (Wildman–Crippen LogP) is 2.52. The van der Waals surface area contributed by atoms with E-state index in [9.17, 15) is 13.4 Å². The molecule has 1 aromatic carbocycles. The number of nitrogens with one attached hydrogen (secondary N) is 1. The summed E-state index contributed by atoms with van der Waals surface area (Å²) in [6, 6.07) is 1.25. The first-order valence-corrected chi connectivity index (χ1v) is 11.3. The fourth-order valence-electron chi connectivity index (χ4n) is 4.53. The van der Waals surface area contributed by atoms with Gasteiger partial charge in [-0.05, 0) is 48.4 Å². The van der Waals surface area contributed by atoms with Gasteiger partial charge in [0, 0.05) is 18.5 Å². The molecule has 8 nitrogen and oxygen atoms in total. The molecule has 3 N–H and O–H groups in total. The second-order valence-electron chi connectivity index (χ2n) is 7.90. The van der Waals surface area contributed by atoms with Crippen LogP contribution in [0.5, 0.6) is 5.88 Å². The highest BCUT2D eigenvalue weighted by atomic mass is 32.2. The molecule has 0 saturated heterocycles. The summed E-state index contributed by atoms with van der Waals surface area (Å²) in [7, 11) is -3.54. The molecule has 0 bridgehead atoms. The van der Waals surface area contributed by atoms with Crippen LogP contribution in [0.25, 0.3) is 0 Å². The molecular weight excluding hydrogens is 397 g/mol.